The molecule has 6 rings (SSSR count). The summed E-state index contributed by atoms with van der Waals surface area (Å²) < 4.78 is 11.7. The van der Waals surface area contributed by atoms with Gasteiger partial charge in [-0.05, 0) is 112 Å². The van der Waals surface area contributed by atoms with Crippen molar-refractivity contribution in [2.75, 3.05) is 6.61 Å². The molecule has 6 fully saturated rings. The molecule has 0 aromatic heterocycles. The van der Waals surface area contributed by atoms with Crippen LogP contribution in [-0.2, 0) is 19.2 Å². The highest BCUT2D eigenvalue weighted by Crippen LogP contribution is 2.89. The van der Waals surface area contributed by atoms with Gasteiger partial charge in [-0.1, -0.05) is 32.9 Å². The van der Waals surface area contributed by atoms with E-state index in [2.05, 4.69) is 31.7 Å². The third-order valence-electron chi connectivity index (χ3n) is 15.0. The number of rotatable bonds is 9. The summed E-state index contributed by atoms with van der Waals surface area (Å²) in [5.74, 6) is 0.146. The Hall–Kier alpha value is -1.11. The van der Waals surface area contributed by atoms with Crippen molar-refractivity contribution < 1.29 is 49.9 Å². The lowest BCUT2D eigenvalue weighted by Crippen LogP contribution is -2.64. The quantitative estimate of drug-likeness (QED) is 0.123. The molecule has 0 amide bonds. The molecule has 6 aliphatic rings. The van der Waals surface area contributed by atoms with Gasteiger partial charge in [0.2, 0.25) is 0 Å². The van der Waals surface area contributed by atoms with Crippen LogP contribution in [-0.4, -0.2) is 85.8 Å². The van der Waals surface area contributed by atoms with E-state index in [-0.39, 0.29) is 28.6 Å². The van der Waals surface area contributed by atoms with Gasteiger partial charge in [-0.15, -0.1) is 0 Å². The highest BCUT2D eigenvalue weighted by molar-refractivity contribution is 5.76. The average molecular weight is 637 g/mol. The molecule has 1 saturated heterocycles. The molecular weight excluding hydrogens is 580 g/mol. The maximum atomic E-state index is 13.2. The van der Waals surface area contributed by atoms with E-state index in [1.54, 1.807) is 6.92 Å². The molecule has 0 unspecified atom stereocenters. The Labute approximate surface area is 267 Å². The monoisotopic (exact) mass is 636 g/mol. The van der Waals surface area contributed by atoms with E-state index in [1.165, 1.54) is 0 Å². The van der Waals surface area contributed by atoms with E-state index in [9.17, 15) is 35.6 Å². The summed E-state index contributed by atoms with van der Waals surface area (Å²) in [5, 5.41) is 62.4. The molecule has 0 bridgehead atoms. The van der Waals surface area contributed by atoms with Crippen LogP contribution < -0.4 is 0 Å². The molecule has 6 N–H and O–H groups in total. The van der Waals surface area contributed by atoms with Crippen LogP contribution in [0.3, 0.4) is 0 Å². The number of aliphatic hydroxyl groups is 4. The van der Waals surface area contributed by atoms with Crippen LogP contribution in [0.15, 0.2) is 12.2 Å². The van der Waals surface area contributed by atoms with Gasteiger partial charge >= 0.3 is 5.97 Å². The molecule has 0 aromatic carbocycles. The van der Waals surface area contributed by atoms with Crippen molar-refractivity contribution in [1.82, 2.24) is 0 Å². The standard InChI is InChI=1S/C35H56O10/c1-19(8-7-12-30(2,3)45-42)20-11-13-32(5)22-9-10-23-33(6,29(40)41)25(44-28-27(39)26(38)21(17-36)43-28)16-24(37)35(23)18-34(22,35)15-14-31(20,32)4/h7,12,19-28,36-39,42H,8-11,13-18H2,1-6H3,(H,40,41)/b12-7+/t19-,20-,21-,22+,23+,24+,25+,26+,27-,28+,31-,32+,33+,34+,35-/m1/s1. The van der Waals surface area contributed by atoms with Crippen molar-refractivity contribution in [3.63, 3.8) is 0 Å². The minimum absolute atomic E-state index is 0.0831. The number of allylic oxidation sites excluding steroid dienone is 1. The molecular formula is C35H56O10. The molecule has 10 heteroatoms. The molecule has 15 atom stereocenters. The Bertz CT molecular complexity index is 1190. The lowest BCUT2D eigenvalue weighted by atomic mass is 9.41. The number of aliphatic carboxylic acids is 1. The Kier molecular flexibility index (Phi) is 8.22. The third-order valence-corrected chi connectivity index (χ3v) is 15.0. The number of hydrogen-bond acceptors (Lipinski definition) is 9. The maximum absolute atomic E-state index is 13.2. The van der Waals surface area contributed by atoms with Gasteiger partial charge in [-0.25, -0.2) is 4.89 Å². The first-order valence-electron chi connectivity index (χ1n) is 17.2. The fraction of sp³-hybridized carbons (Fsp3) is 0.914. The summed E-state index contributed by atoms with van der Waals surface area (Å²) in [5.41, 5.74) is -2.40. The summed E-state index contributed by atoms with van der Waals surface area (Å²) in [6.07, 6.45) is 5.13. The van der Waals surface area contributed by atoms with Crippen molar-refractivity contribution in [1.29, 1.82) is 0 Å². The number of hydrogen-bond donors (Lipinski definition) is 6. The Morgan fingerprint density at radius 2 is 1.71 bits per heavy atom. The predicted octanol–water partition coefficient (Wildman–Crippen LogP) is 4.14. The topological polar surface area (TPSA) is 166 Å². The van der Waals surface area contributed by atoms with Gasteiger partial charge in [0.25, 0.3) is 0 Å². The van der Waals surface area contributed by atoms with Crippen molar-refractivity contribution in [2.45, 2.75) is 142 Å². The Morgan fingerprint density at radius 1 is 1.02 bits per heavy atom. The second-order valence-electron chi connectivity index (χ2n) is 17.0. The van der Waals surface area contributed by atoms with E-state index in [4.69, 9.17) is 9.47 Å². The minimum atomic E-state index is -1.42. The van der Waals surface area contributed by atoms with E-state index < -0.39 is 65.8 Å². The summed E-state index contributed by atoms with van der Waals surface area (Å²) in [6.45, 7) is 12.2. The number of carbonyl (C=O) groups is 1. The van der Waals surface area contributed by atoms with Gasteiger partial charge in [0.15, 0.2) is 6.29 Å². The zero-order chi connectivity index (χ0) is 33.0. The highest BCUT2D eigenvalue weighted by atomic mass is 17.1. The van der Waals surface area contributed by atoms with E-state index >= 15 is 0 Å². The van der Waals surface area contributed by atoms with Crippen LogP contribution in [0.1, 0.15) is 99.3 Å². The summed E-state index contributed by atoms with van der Waals surface area (Å²) in [6, 6.07) is 0. The molecule has 256 valence electrons. The summed E-state index contributed by atoms with van der Waals surface area (Å²) >= 11 is 0. The Morgan fingerprint density at radius 3 is 2.33 bits per heavy atom. The molecule has 2 spiro atoms. The number of ether oxygens (including phenoxy) is 2. The smallest absolute Gasteiger partial charge is 0.312 e. The zero-order valence-corrected chi connectivity index (χ0v) is 27.8. The van der Waals surface area contributed by atoms with Crippen molar-refractivity contribution >= 4 is 5.97 Å². The first-order chi connectivity index (χ1) is 21.0. The van der Waals surface area contributed by atoms with Gasteiger partial charge in [-0.3, -0.25) is 10.1 Å². The molecule has 45 heavy (non-hydrogen) atoms. The number of fused-ring (bicyclic) bond motifs is 2. The molecule has 1 heterocycles. The van der Waals surface area contributed by atoms with Gasteiger partial charge in [0, 0.05) is 11.8 Å². The normalized spacial score (nSPS) is 53.0. The van der Waals surface area contributed by atoms with Gasteiger partial charge in [-0.2, -0.15) is 0 Å². The van der Waals surface area contributed by atoms with E-state index in [1.807, 2.05) is 19.9 Å². The van der Waals surface area contributed by atoms with Crippen LogP contribution in [0.5, 0.6) is 0 Å². The lowest BCUT2D eigenvalue weighted by Gasteiger charge is -2.64. The fourth-order valence-electron chi connectivity index (χ4n) is 12.4. The summed E-state index contributed by atoms with van der Waals surface area (Å²) in [4.78, 5) is 17.8. The van der Waals surface area contributed by atoms with Gasteiger partial charge in [0.05, 0.1) is 24.2 Å². The molecule has 1 aliphatic heterocycles. The Balaban J connectivity index is 1.25. The van der Waals surface area contributed by atoms with Crippen molar-refractivity contribution in [3.8, 4) is 0 Å². The van der Waals surface area contributed by atoms with Gasteiger partial charge < -0.3 is 35.0 Å². The van der Waals surface area contributed by atoms with Crippen LogP contribution in [0, 0.1) is 50.7 Å². The molecule has 0 radical (unpaired) electrons. The molecule has 10 nitrogen and oxygen atoms in total. The summed E-state index contributed by atoms with van der Waals surface area (Å²) in [7, 11) is 0. The maximum Gasteiger partial charge on any atom is 0.312 e. The predicted molar refractivity (Wildman–Crippen MR) is 164 cm³/mol. The molecule has 5 saturated carbocycles. The molecule has 5 aliphatic carbocycles. The first kappa shape index (κ1) is 33.8. The second kappa shape index (κ2) is 11.0. The van der Waals surface area contributed by atoms with E-state index in [0.717, 1.165) is 44.9 Å². The fourth-order valence-corrected chi connectivity index (χ4v) is 12.4. The van der Waals surface area contributed by atoms with Gasteiger partial charge in [0.1, 0.15) is 23.9 Å². The van der Waals surface area contributed by atoms with Crippen molar-refractivity contribution in [3.05, 3.63) is 12.2 Å². The third kappa shape index (κ3) is 4.45. The lowest BCUT2D eigenvalue weighted by molar-refractivity contribution is -0.297. The number of carboxylic acids is 1. The second-order valence-corrected chi connectivity index (χ2v) is 17.0. The van der Waals surface area contributed by atoms with Crippen LogP contribution in [0.2, 0.25) is 0 Å². The number of carboxylic acid groups (broad SMARTS) is 1. The average Bonchev–Trinajstić information content (AvgIpc) is 3.51. The van der Waals surface area contributed by atoms with Crippen LogP contribution >= 0.6 is 0 Å². The van der Waals surface area contributed by atoms with Crippen LogP contribution in [0.4, 0.5) is 0 Å². The minimum Gasteiger partial charge on any atom is -0.481 e. The van der Waals surface area contributed by atoms with E-state index in [0.29, 0.717) is 24.2 Å². The largest absolute Gasteiger partial charge is 0.481 e. The van der Waals surface area contributed by atoms with Crippen LogP contribution in [0.25, 0.3) is 0 Å². The molecule has 0 aromatic rings. The highest BCUT2D eigenvalue weighted by Gasteiger charge is 2.86. The SMILES string of the molecule is C[C@H](C/C=C/C(C)(C)OO)[C@H]1CC[C@@]2(C)[C@@H]3CC[C@H]4[C@](C)(C(=O)O)[C@@H](O[C@@H]5O[C@H](CO)[C@H](O)[C@H]5O)C[C@H](O)[C@@]45C[C@@]35CC[C@]12C. The van der Waals surface area contributed by atoms with Crippen molar-refractivity contribution in [2.24, 2.45) is 50.7 Å². The zero-order valence-electron chi connectivity index (χ0n) is 27.8. The number of aliphatic hydroxyl groups excluding tert-OH is 4. The first-order valence-corrected chi connectivity index (χ1v) is 17.2.